The number of fused-ring (bicyclic) bond motifs is 2. The number of nitrogens with one attached hydrogen (secondary N) is 1. The Bertz CT molecular complexity index is 503. The predicted octanol–water partition coefficient (Wildman–Crippen LogP) is 2.97. The van der Waals surface area contributed by atoms with Crippen LogP contribution in [0.2, 0.25) is 0 Å². The summed E-state index contributed by atoms with van der Waals surface area (Å²) < 4.78 is 5.61. The molecule has 0 aromatic carbocycles. The van der Waals surface area contributed by atoms with Gasteiger partial charge in [-0.3, -0.25) is 9.78 Å². The molecule has 2 atom stereocenters. The van der Waals surface area contributed by atoms with Crippen molar-refractivity contribution in [3.63, 3.8) is 0 Å². The maximum absolute atomic E-state index is 12.5. The molecule has 2 aliphatic rings. The van der Waals surface area contributed by atoms with Gasteiger partial charge in [0.25, 0.3) is 0 Å². The van der Waals surface area contributed by atoms with Gasteiger partial charge < -0.3 is 10.1 Å². The second-order valence-corrected chi connectivity index (χ2v) is 6.68. The van der Waals surface area contributed by atoms with Crippen LogP contribution in [0.15, 0.2) is 18.5 Å². The monoisotopic (exact) mass is 288 g/mol. The Labute approximate surface area is 126 Å². The lowest BCUT2D eigenvalue weighted by Crippen LogP contribution is -2.38. The van der Waals surface area contributed by atoms with Gasteiger partial charge in [0.05, 0.1) is 12.3 Å². The van der Waals surface area contributed by atoms with E-state index < -0.39 is 0 Å². The molecule has 1 aromatic heterocycles. The Morgan fingerprint density at radius 3 is 2.71 bits per heavy atom. The van der Waals surface area contributed by atoms with Gasteiger partial charge in [-0.05, 0) is 51.5 Å². The summed E-state index contributed by atoms with van der Waals surface area (Å²) in [4.78, 5) is 16.6. The maximum Gasteiger partial charge on any atom is 0.164 e. The van der Waals surface area contributed by atoms with Crippen LogP contribution in [0.25, 0.3) is 0 Å². The van der Waals surface area contributed by atoms with Crippen molar-refractivity contribution in [3.05, 3.63) is 24.0 Å². The van der Waals surface area contributed by atoms with E-state index in [2.05, 4.69) is 10.3 Å². The van der Waals surface area contributed by atoms with Gasteiger partial charge in [0.2, 0.25) is 0 Å². The molecule has 0 radical (unpaired) electrons. The van der Waals surface area contributed by atoms with Crippen molar-refractivity contribution < 1.29 is 9.53 Å². The Morgan fingerprint density at radius 1 is 1.33 bits per heavy atom. The molecule has 3 rings (SSSR count). The third-order valence-corrected chi connectivity index (χ3v) is 4.45. The number of aromatic nitrogens is 1. The first kappa shape index (κ1) is 14.5. The third kappa shape index (κ3) is 3.62. The van der Waals surface area contributed by atoms with E-state index in [0.29, 0.717) is 35.7 Å². The number of Topliss-reactive ketones (excluding diaryl/α,β-unsaturated/α-hetero) is 1. The van der Waals surface area contributed by atoms with Gasteiger partial charge in [-0.2, -0.15) is 0 Å². The zero-order valence-electron chi connectivity index (χ0n) is 12.8. The summed E-state index contributed by atoms with van der Waals surface area (Å²) in [5.74, 6) is 1.40. The summed E-state index contributed by atoms with van der Waals surface area (Å²) in [5.41, 5.74) is 0.680. The lowest BCUT2D eigenvalue weighted by Gasteiger charge is -2.28. The fraction of sp³-hybridized carbons (Fsp3) is 0.647. The van der Waals surface area contributed by atoms with Crippen LogP contribution in [-0.4, -0.2) is 29.0 Å². The molecule has 0 aliphatic carbocycles. The van der Waals surface area contributed by atoms with Crippen molar-refractivity contribution in [2.45, 2.75) is 64.1 Å². The molecule has 1 N–H and O–H groups in total. The van der Waals surface area contributed by atoms with Gasteiger partial charge in [0, 0.05) is 30.3 Å². The fourth-order valence-corrected chi connectivity index (χ4v) is 3.63. The van der Waals surface area contributed by atoms with Crippen molar-refractivity contribution >= 4 is 5.78 Å². The van der Waals surface area contributed by atoms with Crippen molar-refractivity contribution in [1.82, 2.24) is 10.3 Å². The zero-order chi connectivity index (χ0) is 14.8. The molecular formula is C17H24N2O2. The number of carbonyl (C=O) groups is 1. The van der Waals surface area contributed by atoms with E-state index in [1.165, 1.54) is 12.8 Å². The van der Waals surface area contributed by atoms with Gasteiger partial charge in [0.15, 0.2) is 5.78 Å². The first-order valence-electron chi connectivity index (χ1n) is 8.01. The zero-order valence-corrected chi connectivity index (χ0v) is 12.8. The van der Waals surface area contributed by atoms with Crippen LogP contribution >= 0.6 is 0 Å². The lowest BCUT2D eigenvalue weighted by molar-refractivity contribution is 0.0944. The molecule has 0 spiro atoms. The number of rotatable bonds is 5. The van der Waals surface area contributed by atoms with Crippen LogP contribution in [0.3, 0.4) is 0 Å². The van der Waals surface area contributed by atoms with E-state index in [9.17, 15) is 4.79 Å². The van der Waals surface area contributed by atoms with Crippen LogP contribution in [-0.2, 0) is 0 Å². The summed E-state index contributed by atoms with van der Waals surface area (Å²) in [6.07, 6.45) is 8.88. The molecule has 2 unspecified atom stereocenters. The highest BCUT2D eigenvalue weighted by Gasteiger charge is 2.34. The van der Waals surface area contributed by atoms with E-state index in [1.54, 1.807) is 12.4 Å². The minimum Gasteiger partial charge on any atom is -0.489 e. The molecule has 114 valence electrons. The first-order chi connectivity index (χ1) is 10.1. The Morgan fingerprint density at radius 2 is 2.05 bits per heavy atom. The molecule has 0 amide bonds. The Hall–Kier alpha value is -1.42. The van der Waals surface area contributed by atoms with E-state index in [0.717, 1.165) is 12.8 Å². The van der Waals surface area contributed by atoms with E-state index in [-0.39, 0.29) is 11.9 Å². The number of hydrogen-bond acceptors (Lipinski definition) is 4. The van der Waals surface area contributed by atoms with Gasteiger partial charge in [-0.1, -0.05) is 0 Å². The highest BCUT2D eigenvalue weighted by Crippen LogP contribution is 2.33. The molecule has 3 heterocycles. The quantitative estimate of drug-likeness (QED) is 0.846. The summed E-state index contributed by atoms with van der Waals surface area (Å²) in [5, 5.41) is 3.62. The summed E-state index contributed by atoms with van der Waals surface area (Å²) in [6, 6.07) is 3.09. The largest absolute Gasteiger partial charge is 0.489 e. The number of carbonyl (C=O) groups excluding carboxylic acids is 1. The first-order valence-corrected chi connectivity index (χ1v) is 8.01. The summed E-state index contributed by atoms with van der Waals surface area (Å²) >= 11 is 0. The van der Waals surface area contributed by atoms with Crippen molar-refractivity contribution in [1.29, 1.82) is 0 Å². The maximum atomic E-state index is 12.5. The number of nitrogens with zero attached hydrogens (tertiary/aromatic N) is 1. The van der Waals surface area contributed by atoms with Crippen LogP contribution < -0.4 is 10.1 Å². The number of ether oxygens (including phenoxy) is 1. The minimum atomic E-state index is 0.0946. The lowest BCUT2D eigenvalue weighted by atomic mass is 9.87. The van der Waals surface area contributed by atoms with E-state index >= 15 is 0 Å². The summed E-state index contributed by atoms with van der Waals surface area (Å²) in [6.45, 7) is 3.94. The highest BCUT2D eigenvalue weighted by molar-refractivity contribution is 5.96. The fourth-order valence-electron chi connectivity index (χ4n) is 3.63. The number of pyridine rings is 1. The van der Waals surface area contributed by atoms with Crippen molar-refractivity contribution in [3.8, 4) is 5.75 Å². The molecule has 0 saturated carbocycles. The molecule has 4 heteroatoms. The second kappa shape index (κ2) is 6.14. The molecule has 1 aromatic rings. The standard InChI is InChI=1S/C17H24N2O2/c1-11(2)21-16-8-13(9-18-10-16)17(20)7-12-5-14-3-4-15(6-12)19-14/h8-12,14-15,19H,3-7H2,1-2H3. The number of piperidine rings is 1. The molecule has 21 heavy (non-hydrogen) atoms. The summed E-state index contributed by atoms with van der Waals surface area (Å²) in [7, 11) is 0. The average molecular weight is 288 g/mol. The van der Waals surface area contributed by atoms with Crippen LogP contribution in [0, 0.1) is 5.92 Å². The molecule has 2 aliphatic heterocycles. The molecule has 2 bridgehead atoms. The van der Waals surface area contributed by atoms with Crippen molar-refractivity contribution in [2.75, 3.05) is 0 Å². The van der Waals surface area contributed by atoms with Crippen LogP contribution in [0.1, 0.15) is 56.3 Å². The predicted molar refractivity (Wildman–Crippen MR) is 81.6 cm³/mol. The molecule has 2 saturated heterocycles. The minimum absolute atomic E-state index is 0.0946. The van der Waals surface area contributed by atoms with Crippen LogP contribution in [0.5, 0.6) is 5.75 Å². The SMILES string of the molecule is CC(C)Oc1cncc(C(=O)CC2CC3CCC(C2)N3)c1. The number of ketones is 1. The topological polar surface area (TPSA) is 51.2 Å². The van der Waals surface area contributed by atoms with Gasteiger partial charge in [-0.25, -0.2) is 0 Å². The molecule has 4 nitrogen and oxygen atoms in total. The Balaban J connectivity index is 1.62. The molecule has 2 fully saturated rings. The van der Waals surface area contributed by atoms with Gasteiger partial charge in [0.1, 0.15) is 5.75 Å². The second-order valence-electron chi connectivity index (χ2n) is 6.68. The Kier molecular flexibility index (Phi) is 4.24. The van der Waals surface area contributed by atoms with Gasteiger partial charge in [-0.15, -0.1) is 0 Å². The smallest absolute Gasteiger partial charge is 0.164 e. The van der Waals surface area contributed by atoms with E-state index in [1.807, 2.05) is 19.9 Å². The van der Waals surface area contributed by atoms with E-state index in [4.69, 9.17) is 4.74 Å². The normalized spacial score (nSPS) is 27.9. The number of hydrogen-bond donors (Lipinski definition) is 1. The average Bonchev–Trinajstić information content (AvgIpc) is 2.77. The van der Waals surface area contributed by atoms with Gasteiger partial charge >= 0.3 is 0 Å². The molecular weight excluding hydrogens is 264 g/mol. The third-order valence-electron chi connectivity index (χ3n) is 4.45. The highest BCUT2D eigenvalue weighted by atomic mass is 16.5. The van der Waals surface area contributed by atoms with Crippen molar-refractivity contribution in [2.24, 2.45) is 5.92 Å². The van der Waals surface area contributed by atoms with Crippen LogP contribution in [0.4, 0.5) is 0 Å².